The second-order valence-electron chi connectivity index (χ2n) is 6.77. The SMILES string of the molecule is CN(C)CCCNS(=O)(=O)c1ccc2c(c1)/C(=N/Nc1ccccc1Cl)C(=O)N2. The summed E-state index contributed by atoms with van der Waals surface area (Å²) in [6, 6.07) is 11.4. The van der Waals surface area contributed by atoms with Gasteiger partial charge in [0.25, 0.3) is 5.91 Å². The standard InChI is InChI=1S/C19H22ClN5O3S/c1-25(2)11-5-10-21-29(27,28)13-8-9-16-14(12-13)18(19(26)22-16)24-23-17-7-4-3-6-15(17)20/h3-4,6-9,12,21,23H,5,10-11H2,1-2H3,(H,22,24,26). The van der Waals surface area contributed by atoms with E-state index in [2.05, 4.69) is 20.6 Å². The minimum atomic E-state index is -3.70. The number of sulfonamides is 1. The quantitative estimate of drug-likeness (QED) is 0.436. The van der Waals surface area contributed by atoms with Crippen LogP contribution in [0.2, 0.25) is 5.02 Å². The van der Waals surface area contributed by atoms with Gasteiger partial charge in [-0.15, -0.1) is 0 Å². The molecule has 0 unspecified atom stereocenters. The van der Waals surface area contributed by atoms with Crippen LogP contribution in [0.4, 0.5) is 11.4 Å². The maximum absolute atomic E-state index is 12.6. The van der Waals surface area contributed by atoms with E-state index < -0.39 is 15.9 Å². The summed E-state index contributed by atoms with van der Waals surface area (Å²) in [6.07, 6.45) is 0.686. The van der Waals surface area contributed by atoms with Gasteiger partial charge in [0.15, 0.2) is 5.71 Å². The molecule has 0 fully saturated rings. The van der Waals surface area contributed by atoms with Crippen LogP contribution in [0.5, 0.6) is 0 Å². The van der Waals surface area contributed by atoms with E-state index in [0.29, 0.717) is 34.9 Å². The van der Waals surface area contributed by atoms with Crippen LogP contribution in [0.25, 0.3) is 0 Å². The second-order valence-corrected chi connectivity index (χ2v) is 8.94. The summed E-state index contributed by atoms with van der Waals surface area (Å²) in [5, 5.41) is 7.27. The van der Waals surface area contributed by atoms with Crippen molar-refractivity contribution in [3.05, 3.63) is 53.1 Å². The molecule has 0 aromatic heterocycles. The van der Waals surface area contributed by atoms with Gasteiger partial charge in [0.2, 0.25) is 10.0 Å². The fourth-order valence-electron chi connectivity index (χ4n) is 2.76. The van der Waals surface area contributed by atoms with Crippen LogP contribution in [0.1, 0.15) is 12.0 Å². The molecule has 10 heteroatoms. The molecule has 3 rings (SSSR count). The first-order chi connectivity index (χ1) is 13.8. The van der Waals surface area contributed by atoms with Gasteiger partial charge in [0.05, 0.1) is 21.3 Å². The molecular weight excluding hydrogens is 414 g/mol. The first kappa shape index (κ1) is 21.3. The van der Waals surface area contributed by atoms with E-state index in [4.69, 9.17) is 11.6 Å². The number of para-hydroxylation sites is 1. The number of nitrogens with zero attached hydrogens (tertiary/aromatic N) is 2. The fourth-order valence-corrected chi connectivity index (χ4v) is 4.04. The Labute approximate surface area is 175 Å². The van der Waals surface area contributed by atoms with Gasteiger partial charge in [-0.3, -0.25) is 10.2 Å². The maximum atomic E-state index is 12.6. The molecule has 0 aliphatic carbocycles. The molecule has 0 atom stereocenters. The van der Waals surface area contributed by atoms with Gasteiger partial charge in [0.1, 0.15) is 0 Å². The highest BCUT2D eigenvalue weighted by Gasteiger charge is 2.28. The zero-order valence-corrected chi connectivity index (χ0v) is 17.6. The smallest absolute Gasteiger partial charge is 0.276 e. The highest BCUT2D eigenvalue weighted by atomic mass is 35.5. The molecule has 0 saturated carbocycles. The zero-order chi connectivity index (χ0) is 21.0. The number of carbonyl (C=O) groups is 1. The summed E-state index contributed by atoms with van der Waals surface area (Å²) in [4.78, 5) is 14.3. The van der Waals surface area contributed by atoms with E-state index in [0.717, 1.165) is 6.54 Å². The normalized spacial score (nSPS) is 14.9. The number of amides is 1. The maximum Gasteiger partial charge on any atom is 0.276 e. The van der Waals surface area contributed by atoms with E-state index in [1.165, 1.54) is 12.1 Å². The first-order valence-corrected chi connectivity index (χ1v) is 10.8. The van der Waals surface area contributed by atoms with Crippen molar-refractivity contribution in [1.29, 1.82) is 0 Å². The number of hydrogen-bond acceptors (Lipinski definition) is 6. The van der Waals surface area contributed by atoms with Crippen LogP contribution < -0.4 is 15.5 Å². The van der Waals surface area contributed by atoms with E-state index in [9.17, 15) is 13.2 Å². The molecule has 8 nitrogen and oxygen atoms in total. The molecule has 0 spiro atoms. The van der Waals surface area contributed by atoms with E-state index in [1.807, 2.05) is 19.0 Å². The highest BCUT2D eigenvalue weighted by Crippen LogP contribution is 2.27. The third-order valence-electron chi connectivity index (χ3n) is 4.26. The number of hydrogen-bond donors (Lipinski definition) is 3. The van der Waals surface area contributed by atoms with E-state index in [1.54, 1.807) is 30.3 Å². The van der Waals surface area contributed by atoms with Crippen LogP contribution in [0.3, 0.4) is 0 Å². The number of hydrazone groups is 1. The van der Waals surface area contributed by atoms with Gasteiger partial charge in [0, 0.05) is 12.1 Å². The molecule has 1 aliphatic rings. The number of carbonyl (C=O) groups excluding carboxylic acids is 1. The molecule has 3 N–H and O–H groups in total. The van der Waals surface area contributed by atoms with Gasteiger partial charge in [-0.2, -0.15) is 5.10 Å². The molecule has 1 amide bonds. The van der Waals surface area contributed by atoms with E-state index >= 15 is 0 Å². The van der Waals surface area contributed by atoms with Gasteiger partial charge in [-0.25, -0.2) is 13.1 Å². The largest absolute Gasteiger partial charge is 0.320 e. The van der Waals surface area contributed by atoms with Crippen molar-refractivity contribution in [1.82, 2.24) is 9.62 Å². The Bertz CT molecular complexity index is 1050. The van der Waals surface area contributed by atoms with Crippen molar-refractivity contribution < 1.29 is 13.2 Å². The lowest BCUT2D eigenvalue weighted by atomic mass is 10.1. The predicted molar refractivity (Wildman–Crippen MR) is 115 cm³/mol. The summed E-state index contributed by atoms with van der Waals surface area (Å²) in [5.41, 5.74) is 4.30. The summed E-state index contributed by atoms with van der Waals surface area (Å²) in [5.74, 6) is -0.423. The van der Waals surface area contributed by atoms with Crippen LogP contribution >= 0.6 is 11.6 Å². The molecule has 2 aromatic rings. The average molecular weight is 436 g/mol. The Morgan fingerprint density at radius 3 is 2.66 bits per heavy atom. The lowest BCUT2D eigenvalue weighted by molar-refractivity contribution is -0.110. The monoisotopic (exact) mass is 435 g/mol. The highest BCUT2D eigenvalue weighted by molar-refractivity contribution is 7.89. The van der Waals surface area contributed by atoms with Crippen molar-refractivity contribution in [2.24, 2.45) is 5.10 Å². The number of anilines is 2. The van der Waals surface area contributed by atoms with Gasteiger partial charge in [-0.05, 0) is 57.4 Å². The minimum Gasteiger partial charge on any atom is -0.320 e. The Balaban J connectivity index is 1.81. The average Bonchev–Trinajstić information content (AvgIpc) is 2.99. The van der Waals surface area contributed by atoms with Crippen molar-refractivity contribution >= 4 is 44.6 Å². The van der Waals surface area contributed by atoms with Crippen LogP contribution in [-0.4, -0.2) is 52.1 Å². The fraction of sp³-hybridized carbons (Fsp3) is 0.263. The Morgan fingerprint density at radius 2 is 1.93 bits per heavy atom. The molecule has 1 aliphatic heterocycles. The number of nitrogens with one attached hydrogen (secondary N) is 3. The molecule has 2 aromatic carbocycles. The number of halogens is 1. The topological polar surface area (TPSA) is 103 Å². The molecule has 0 radical (unpaired) electrons. The third-order valence-corrected chi connectivity index (χ3v) is 6.04. The molecule has 0 saturated heterocycles. The predicted octanol–water partition coefficient (Wildman–Crippen LogP) is 2.34. The molecule has 154 valence electrons. The number of fused-ring (bicyclic) bond motifs is 1. The van der Waals surface area contributed by atoms with Crippen molar-refractivity contribution in [2.75, 3.05) is 37.9 Å². The number of rotatable bonds is 8. The van der Waals surface area contributed by atoms with Crippen LogP contribution in [0.15, 0.2) is 52.5 Å². The number of benzene rings is 2. The summed E-state index contributed by atoms with van der Waals surface area (Å²) in [7, 11) is 0.156. The van der Waals surface area contributed by atoms with Crippen molar-refractivity contribution in [2.45, 2.75) is 11.3 Å². The Kier molecular flexibility index (Phi) is 6.53. The molecule has 1 heterocycles. The van der Waals surface area contributed by atoms with Crippen LogP contribution in [-0.2, 0) is 14.8 Å². The van der Waals surface area contributed by atoms with Gasteiger partial charge >= 0.3 is 0 Å². The summed E-state index contributed by atoms with van der Waals surface area (Å²) < 4.78 is 27.8. The molecule has 0 bridgehead atoms. The van der Waals surface area contributed by atoms with Gasteiger partial charge < -0.3 is 10.2 Å². The lowest BCUT2D eigenvalue weighted by Gasteiger charge is -2.11. The van der Waals surface area contributed by atoms with Crippen molar-refractivity contribution in [3.8, 4) is 0 Å². The first-order valence-electron chi connectivity index (χ1n) is 8.96. The summed E-state index contributed by atoms with van der Waals surface area (Å²) in [6.45, 7) is 1.10. The zero-order valence-electron chi connectivity index (χ0n) is 16.1. The third kappa shape index (κ3) is 5.13. The molecular formula is C19H22ClN5O3S. The van der Waals surface area contributed by atoms with Crippen molar-refractivity contribution in [3.63, 3.8) is 0 Å². The second kappa shape index (κ2) is 8.91. The molecule has 29 heavy (non-hydrogen) atoms. The Hall–Kier alpha value is -2.46. The minimum absolute atomic E-state index is 0.0723. The Morgan fingerprint density at radius 1 is 1.17 bits per heavy atom. The van der Waals surface area contributed by atoms with Crippen LogP contribution in [0, 0.1) is 0 Å². The van der Waals surface area contributed by atoms with Gasteiger partial charge in [-0.1, -0.05) is 23.7 Å². The van der Waals surface area contributed by atoms with E-state index in [-0.39, 0.29) is 10.6 Å². The summed E-state index contributed by atoms with van der Waals surface area (Å²) >= 11 is 6.09. The lowest BCUT2D eigenvalue weighted by Crippen LogP contribution is -2.27.